The molecule has 2 N–H and O–H groups in total. The third-order valence-corrected chi connectivity index (χ3v) is 3.60. The summed E-state index contributed by atoms with van der Waals surface area (Å²) in [6.45, 7) is 5.93. The predicted octanol–water partition coefficient (Wildman–Crippen LogP) is -0.884. The molecule has 0 spiro atoms. The van der Waals surface area contributed by atoms with Crippen LogP contribution in [0.4, 0.5) is 0 Å². The van der Waals surface area contributed by atoms with Crippen molar-refractivity contribution in [2.75, 3.05) is 19.7 Å². The minimum absolute atomic E-state index is 0.138. The molecule has 2 amide bonds. The zero-order valence-electron chi connectivity index (χ0n) is 11.9. The van der Waals surface area contributed by atoms with E-state index < -0.39 is 17.0 Å². The van der Waals surface area contributed by atoms with E-state index in [1.807, 2.05) is 0 Å². The molecule has 0 saturated carbocycles. The number of morpholine rings is 1. The second-order valence-electron chi connectivity index (χ2n) is 5.57. The molecule has 2 rings (SSSR count). The molecule has 0 aliphatic carbocycles. The van der Waals surface area contributed by atoms with Gasteiger partial charge in [0.2, 0.25) is 5.91 Å². The quantitative estimate of drug-likeness (QED) is 0.774. The summed E-state index contributed by atoms with van der Waals surface area (Å²) < 4.78 is 6.90. The predicted molar refractivity (Wildman–Crippen MR) is 69.5 cm³/mol. The summed E-state index contributed by atoms with van der Waals surface area (Å²) in [6, 6.07) is 0. The van der Waals surface area contributed by atoms with Gasteiger partial charge in [-0.15, -0.1) is 0 Å². The Kier molecular flexibility index (Phi) is 3.51. The van der Waals surface area contributed by atoms with Crippen molar-refractivity contribution in [3.63, 3.8) is 0 Å². The molecule has 0 bridgehead atoms. The number of hydrogen-bond donors (Lipinski definition) is 1. The number of nitrogens with zero attached hydrogens (tertiary/aromatic N) is 4. The Morgan fingerprint density at radius 3 is 2.70 bits per heavy atom. The minimum Gasteiger partial charge on any atom is -0.367 e. The van der Waals surface area contributed by atoms with E-state index >= 15 is 0 Å². The number of carbonyl (C=O) groups excluding carboxylic acids is 2. The Morgan fingerprint density at radius 1 is 1.45 bits per heavy atom. The first-order valence-electron chi connectivity index (χ1n) is 6.36. The smallest absolute Gasteiger partial charge is 0.251 e. The Labute approximate surface area is 116 Å². The summed E-state index contributed by atoms with van der Waals surface area (Å²) in [4.78, 5) is 29.5. The van der Waals surface area contributed by atoms with Crippen molar-refractivity contribution < 1.29 is 14.3 Å². The average Bonchev–Trinajstić information content (AvgIpc) is 2.92. The van der Waals surface area contributed by atoms with Crippen LogP contribution in [0.3, 0.4) is 0 Å². The normalized spacial score (nSPS) is 23.6. The first-order valence-corrected chi connectivity index (χ1v) is 6.36. The van der Waals surface area contributed by atoms with Gasteiger partial charge in [0.25, 0.3) is 5.91 Å². The summed E-state index contributed by atoms with van der Waals surface area (Å²) in [5.41, 5.74) is 3.31. The van der Waals surface area contributed by atoms with Gasteiger partial charge in [0.15, 0.2) is 5.60 Å². The van der Waals surface area contributed by atoms with Crippen LogP contribution >= 0.6 is 0 Å². The van der Waals surface area contributed by atoms with Crippen LogP contribution in [0.5, 0.6) is 0 Å². The highest BCUT2D eigenvalue weighted by atomic mass is 16.5. The molecular weight excluding hydrogens is 262 g/mol. The fourth-order valence-corrected chi connectivity index (χ4v) is 2.17. The standard InChI is InChI=1S/C12H19N5O3/c1-11(2,17-8-14-7-15-17)10(19)16-4-5-20-12(3,6-16)9(13)18/h7-8H,4-6H2,1-3H3,(H2,13,18)/t12-/m0/s1. The third-order valence-electron chi connectivity index (χ3n) is 3.60. The van der Waals surface area contributed by atoms with Crippen LogP contribution in [0.25, 0.3) is 0 Å². The van der Waals surface area contributed by atoms with Gasteiger partial charge in [-0.3, -0.25) is 9.59 Å². The molecule has 1 aromatic rings. The molecule has 0 aromatic carbocycles. The zero-order chi connectivity index (χ0) is 15.0. The van der Waals surface area contributed by atoms with Crippen LogP contribution in [0.15, 0.2) is 12.7 Å². The van der Waals surface area contributed by atoms with E-state index in [9.17, 15) is 9.59 Å². The molecular formula is C12H19N5O3. The number of carbonyl (C=O) groups is 2. The molecule has 1 atom stereocenters. The maximum atomic E-state index is 12.7. The van der Waals surface area contributed by atoms with Gasteiger partial charge in [-0.25, -0.2) is 9.67 Å². The van der Waals surface area contributed by atoms with E-state index in [-0.39, 0.29) is 19.1 Å². The first-order chi connectivity index (χ1) is 9.27. The second-order valence-corrected chi connectivity index (χ2v) is 5.57. The van der Waals surface area contributed by atoms with Crippen molar-refractivity contribution in [1.82, 2.24) is 19.7 Å². The molecule has 0 unspecified atom stereocenters. The van der Waals surface area contributed by atoms with Crippen molar-refractivity contribution in [3.05, 3.63) is 12.7 Å². The summed E-state index contributed by atoms with van der Waals surface area (Å²) in [6.07, 6.45) is 2.87. The SMILES string of the molecule is CC(C)(C(=O)N1CCO[C@](C)(C(N)=O)C1)n1cncn1. The fourth-order valence-electron chi connectivity index (χ4n) is 2.17. The van der Waals surface area contributed by atoms with Crippen molar-refractivity contribution in [2.24, 2.45) is 5.73 Å². The highest BCUT2D eigenvalue weighted by Crippen LogP contribution is 2.23. The van der Waals surface area contributed by atoms with E-state index in [1.165, 1.54) is 17.3 Å². The largest absolute Gasteiger partial charge is 0.367 e. The van der Waals surface area contributed by atoms with Gasteiger partial charge in [0, 0.05) is 6.54 Å². The van der Waals surface area contributed by atoms with Crippen LogP contribution < -0.4 is 5.73 Å². The molecule has 2 heterocycles. The van der Waals surface area contributed by atoms with Gasteiger partial charge in [-0.1, -0.05) is 0 Å². The van der Waals surface area contributed by atoms with Gasteiger partial charge in [0.1, 0.15) is 18.2 Å². The molecule has 8 nitrogen and oxygen atoms in total. The monoisotopic (exact) mass is 281 g/mol. The van der Waals surface area contributed by atoms with E-state index in [2.05, 4.69) is 10.1 Å². The Balaban J connectivity index is 2.19. The molecule has 0 radical (unpaired) electrons. The molecule has 20 heavy (non-hydrogen) atoms. The van der Waals surface area contributed by atoms with E-state index in [0.717, 1.165) is 0 Å². The van der Waals surface area contributed by atoms with Crippen molar-refractivity contribution >= 4 is 11.8 Å². The van der Waals surface area contributed by atoms with Crippen LogP contribution in [0, 0.1) is 0 Å². The van der Waals surface area contributed by atoms with Crippen LogP contribution in [-0.2, 0) is 19.9 Å². The fraction of sp³-hybridized carbons (Fsp3) is 0.667. The number of aromatic nitrogens is 3. The van der Waals surface area contributed by atoms with Crippen molar-refractivity contribution in [2.45, 2.75) is 31.9 Å². The molecule has 110 valence electrons. The number of primary amides is 1. The number of nitrogens with two attached hydrogens (primary N) is 1. The number of ether oxygens (including phenoxy) is 1. The average molecular weight is 281 g/mol. The first kappa shape index (κ1) is 14.4. The number of hydrogen-bond acceptors (Lipinski definition) is 5. The number of amides is 2. The lowest BCUT2D eigenvalue weighted by molar-refractivity contribution is -0.164. The maximum Gasteiger partial charge on any atom is 0.251 e. The highest BCUT2D eigenvalue weighted by molar-refractivity contribution is 5.87. The lowest BCUT2D eigenvalue weighted by Gasteiger charge is -2.41. The lowest BCUT2D eigenvalue weighted by Crippen LogP contribution is -2.61. The van der Waals surface area contributed by atoms with Gasteiger partial charge in [0.05, 0.1) is 13.2 Å². The minimum atomic E-state index is -1.15. The Bertz CT molecular complexity index is 513. The molecule has 8 heteroatoms. The van der Waals surface area contributed by atoms with Crippen molar-refractivity contribution in [1.29, 1.82) is 0 Å². The topological polar surface area (TPSA) is 103 Å². The van der Waals surface area contributed by atoms with Crippen LogP contribution in [0.1, 0.15) is 20.8 Å². The summed E-state index contributed by atoms with van der Waals surface area (Å²) in [5, 5.41) is 4.01. The van der Waals surface area contributed by atoms with E-state index in [0.29, 0.717) is 6.54 Å². The second kappa shape index (κ2) is 4.86. The van der Waals surface area contributed by atoms with E-state index in [4.69, 9.17) is 10.5 Å². The Hall–Kier alpha value is -1.96. The van der Waals surface area contributed by atoms with Gasteiger partial charge < -0.3 is 15.4 Å². The summed E-state index contributed by atoms with van der Waals surface area (Å²) in [7, 11) is 0. The third kappa shape index (κ3) is 2.38. The molecule has 1 aliphatic rings. The van der Waals surface area contributed by atoms with Gasteiger partial charge in [-0.2, -0.15) is 5.10 Å². The van der Waals surface area contributed by atoms with Crippen LogP contribution in [0.2, 0.25) is 0 Å². The molecule has 1 fully saturated rings. The number of rotatable bonds is 3. The lowest BCUT2D eigenvalue weighted by atomic mass is 9.99. The molecule has 1 aliphatic heterocycles. The molecule has 1 saturated heterocycles. The van der Waals surface area contributed by atoms with Crippen LogP contribution in [-0.4, -0.2) is 56.8 Å². The Morgan fingerprint density at radius 2 is 2.15 bits per heavy atom. The van der Waals surface area contributed by atoms with Gasteiger partial charge >= 0.3 is 0 Å². The zero-order valence-corrected chi connectivity index (χ0v) is 11.9. The van der Waals surface area contributed by atoms with Crippen molar-refractivity contribution in [3.8, 4) is 0 Å². The summed E-state index contributed by atoms with van der Waals surface area (Å²) >= 11 is 0. The molecule has 1 aromatic heterocycles. The van der Waals surface area contributed by atoms with E-state index in [1.54, 1.807) is 25.7 Å². The summed E-state index contributed by atoms with van der Waals surface area (Å²) in [5.74, 6) is -0.729. The maximum absolute atomic E-state index is 12.7. The van der Waals surface area contributed by atoms with Gasteiger partial charge in [-0.05, 0) is 20.8 Å². The highest BCUT2D eigenvalue weighted by Gasteiger charge is 2.43.